The molecule has 0 aliphatic carbocycles. The molecule has 0 amide bonds. The predicted octanol–water partition coefficient (Wildman–Crippen LogP) is 0.0823. The molecule has 2 nitrogen and oxygen atoms in total. The average molecular weight is 88.1 g/mol. The summed E-state index contributed by atoms with van der Waals surface area (Å²) < 4.78 is 0. The van der Waals surface area contributed by atoms with Crippen molar-refractivity contribution in [3.8, 4) is 0 Å². The Morgan fingerprint density at radius 2 is 2.17 bits per heavy atom. The highest BCUT2D eigenvalue weighted by molar-refractivity contribution is 4.48. The van der Waals surface area contributed by atoms with Gasteiger partial charge in [0.1, 0.15) is 0 Å². The number of likely N-dealkylation sites (N-methyl/N-ethyl adjacent to an activating group) is 1. The Morgan fingerprint density at radius 3 is 2.17 bits per heavy atom. The molecule has 0 aromatic rings. The molecule has 6 heavy (non-hydrogen) atoms. The van der Waals surface area contributed by atoms with E-state index in [-0.39, 0.29) is 0 Å². The largest absolute Gasteiger partial charge is 0.389 e. The molecule has 37 valence electrons. The average Bonchev–Trinajstić information content (AvgIpc) is 1.35. The summed E-state index contributed by atoms with van der Waals surface area (Å²) in [5.41, 5.74) is 0. The Hall–Kier alpha value is -0.0800. The fourth-order valence-electron chi connectivity index (χ4n) is 0.163. The first-order valence-electron chi connectivity index (χ1n) is 1.88. The highest BCUT2D eigenvalue weighted by Crippen LogP contribution is 1.71. The second kappa shape index (κ2) is 3.12. The third-order valence-electron chi connectivity index (χ3n) is 0.447. The first-order chi connectivity index (χ1) is 2.77. The molecule has 0 bridgehead atoms. The van der Waals surface area contributed by atoms with Crippen molar-refractivity contribution in [3.63, 3.8) is 0 Å². The maximum absolute atomic E-state index is 8.07. The Bertz CT molecular complexity index is 28.7. The molecule has 1 N–H and O–H groups in total. The van der Waals surface area contributed by atoms with E-state index in [1.807, 2.05) is 19.0 Å². The van der Waals surface area contributed by atoms with E-state index < -0.39 is 0 Å². The van der Waals surface area contributed by atoms with Crippen molar-refractivity contribution in [1.29, 1.82) is 0 Å². The summed E-state index contributed by atoms with van der Waals surface area (Å²) in [6.45, 7) is 1.76. The predicted molar refractivity (Wildman–Crippen MR) is 24.8 cm³/mol. The molecule has 0 spiro atoms. The standard InChI is InChI=1S/C4H10NO/c1-5(2)3-4-6/h4,6H,3H2,1-2H3. The monoisotopic (exact) mass is 88.1 g/mol. The van der Waals surface area contributed by atoms with Crippen molar-refractivity contribution in [1.82, 2.24) is 4.90 Å². The second-order valence-corrected chi connectivity index (χ2v) is 1.44. The molecular weight excluding hydrogens is 78.0 g/mol. The Kier molecular flexibility index (Phi) is 3.08. The van der Waals surface area contributed by atoms with Gasteiger partial charge in [0.15, 0.2) is 0 Å². The first-order valence-corrected chi connectivity index (χ1v) is 1.88. The van der Waals surface area contributed by atoms with E-state index in [2.05, 4.69) is 0 Å². The summed E-state index contributed by atoms with van der Waals surface area (Å²) in [6, 6.07) is 0. The molecule has 0 aliphatic heterocycles. The number of aliphatic hydroxyl groups is 1. The quantitative estimate of drug-likeness (QED) is 0.517. The molecule has 0 heterocycles. The number of hydrogen-bond donors (Lipinski definition) is 1. The van der Waals surface area contributed by atoms with Gasteiger partial charge in [0.2, 0.25) is 0 Å². The van der Waals surface area contributed by atoms with Gasteiger partial charge in [-0.15, -0.1) is 0 Å². The van der Waals surface area contributed by atoms with Crippen LogP contribution in [0.5, 0.6) is 0 Å². The van der Waals surface area contributed by atoms with Gasteiger partial charge < -0.3 is 10.0 Å². The maximum atomic E-state index is 8.07. The number of rotatable bonds is 2. The third kappa shape index (κ3) is 3.92. The highest BCUT2D eigenvalue weighted by atomic mass is 16.3. The van der Waals surface area contributed by atoms with Gasteiger partial charge in [-0.2, -0.15) is 0 Å². The molecule has 0 aromatic carbocycles. The smallest absolute Gasteiger partial charge is 0.0937 e. The summed E-state index contributed by atoms with van der Waals surface area (Å²) in [4.78, 5) is 1.88. The van der Waals surface area contributed by atoms with Gasteiger partial charge in [0.05, 0.1) is 6.61 Å². The van der Waals surface area contributed by atoms with Gasteiger partial charge >= 0.3 is 0 Å². The van der Waals surface area contributed by atoms with Crippen LogP contribution in [0.25, 0.3) is 0 Å². The second-order valence-electron chi connectivity index (χ2n) is 1.44. The van der Waals surface area contributed by atoms with Gasteiger partial charge in [0.25, 0.3) is 0 Å². The van der Waals surface area contributed by atoms with Crippen LogP contribution >= 0.6 is 0 Å². The summed E-state index contributed by atoms with van der Waals surface area (Å²) in [5.74, 6) is 0. The van der Waals surface area contributed by atoms with Crippen LogP contribution in [0.2, 0.25) is 0 Å². The van der Waals surface area contributed by atoms with Crippen LogP contribution in [0.3, 0.4) is 0 Å². The van der Waals surface area contributed by atoms with Crippen LogP contribution < -0.4 is 0 Å². The number of aliphatic hydroxyl groups excluding tert-OH is 1. The SMILES string of the molecule is CN(C)C[CH]O. The minimum Gasteiger partial charge on any atom is -0.389 e. The van der Waals surface area contributed by atoms with Crippen LogP contribution in [-0.2, 0) is 0 Å². The van der Waals surface area contributed by atoms with Crippen LogP contribution in [-0.4, -0.2) is 30.6 Å². The lowest BCUT2D eigenvalue weighted by Gasteiger charge is -2.02. The lowest BCUT2D eigenvalue weighted by molar-refractivity contribution is 0.313. The van der Waals surface area contributed by atoms with E-state index in [1.54, 1.807) is 0 Å². The molecule has 0 saturated carbocycles. The lowest BCUT2D eigenvalue weighted by atomic mass is 10.6. The molecule has 0 rings (SSSR count). The van der Waals surface area contributed by atoms with Gasteiger partial charge in [-0.25, -0.2) is 0 Å². The normalized spacial score (nSPS) is 10.0. The molecule has 0 saturated heterocycles. The third-order valence-corrected chi connectivity index (χ3v) is 0.447. The summed E-state index contributed by atoms with van der Waals surface area (Å²) in [5, 5.41) is 8.07. The maximum Gasteiger partial charge on any atom is 0.0937 e. The molecule has 0 unspecified atom stereocenters. The fourth-order valence-corrected chi connectivity index (χ4v) is 0.163. The minimum absolute atomic E-state index is 0.639. The summed E-state index contributed by atoms with van der Waals surface area (Å²) in [7, 11) is 3.79. The zero-order valence-corrected chi connectivity index (χ0v) is 4.18. The van der Waals surface area contributed by atoms with E-state index in [1.165, 1.54) is 0 Å². The molecule has 1 radical (unpaired) electrons. The molecule has 0 aromatic heterocycles. The minimum atomic E-state index is 0.639. The van der Waals surface area contributed by atoms with E-state index in [0.29, 0.717) is 6.54 Å². The molecule has 2 heteroatoms. The van der Waals surface area contributed by atoms with Crippen molar-refractivity contribution in [2.75, 3.05) is 20.6 Å². The fraction of sp³-hybridized carbons (Fsp3) is 0.750. The molecule has 0 atom stereocenters. The zero-order valence-electron chi connectivity index (χ0n) is 4.18. The summed E-state index contributed by atoms with van der Waals surface area (Å²) in [6.07, 6.45) is 0. The van der Waals surface area contributed by atoms with Crippen molar-refractivity contribution in [2.45, 2.75) is 0 Å². The lowest BCUT2D eigenvalue weighted by Crippen LogP contribution is -2.12. The van der Waals surface area contributed by atoms with Gasteiger partial charge in [0, 0.05) is 6.54 Å². The summed E-state index contributed by atoms with van der Waals surface area (Å²) >= 11 is 0. The molecule has 0 fully saturated rings. The van der Waals surface area contributed by atoms with Crippen molar-refractivity contribution in [2.24, 2.45) is 0 Å². The Balaban J connectivity index is 2.63. The van der Waals surface area contributed by atoms with Gasteiger partial charge in [-0.05, 0) is 14.1 Å². The Labute approximate surface area is 38.4 Å². The van der Waals surface area contributed by atoms with Crippen LogP contribution in [0.4, 0.5) is 0 Å². The van der Waals surface area contributed by atoms with Crippen molar-refractivity contribution < 1.29 is 5.11 Å². The van der Waals surface area contributed by atoms with E-state index >= 15 is 0 Å². The number of nitrogens with zero attached hydrogens (tertiary/aromatic N) is 1. The van der Waals surface area contributed by atoms with Crippen molar-refractivity contribution in [3.05, 3.63) is 6.61 Å². The van der Waals surface area contributed by atoms with Gasteiger partial charge in [-0.3, -0.25) is 0 Å². The van der Waals surface area contributed by atoms with E-state index in [4.69, 9.17) is 5.11 Å². The van der Waals surface area contributed by atoms with Crippen molar-refractivity contribution >= 4 is 0 Å². The molecular formula is C4H10NO. The van der Waals surface area contributed by atoms with E-state index in [9.17, 15) is 0 Å². The molecule has 0 aliphatic rings. The topological polar surface area (TPSA) is 23.5 Å². The Morgan fingerprint density at radius 1 is 1.67 bits per heavy atom. The van der Waals surface area contributed by atoms with Crippen LogP contribution in [0.1, 0.15) is 0 Å². The first kappa shape index (κ1) is 5.92. The number of hydrogen-bond acceptors (Lipinski definition) is 2. The highest BCUT2D eigenvalue weighted by Gasteiger charge is 1.81. The van der Waals surface area contributed by atoms with Crippen LogP contribution in [0.15, 0.2) is 0 Å². The zero-order chi connectivity index (χ0) is 4.99. The van der Waals surface area contributed by atoms with Crippen LogP contribution in [0, 0.1) is 6.61 Å². The van der Waals surface area contributed by atoms with Gasteiger partial charge in [-0.1, -0.05) is 0 Å². The van der Waals surface area contributed by atoms with E-state index in [0.717, 1.165) is 6.61 Å².